The van der Waals surface area contributed by atoms with Crippen molar-refractivity contribution < 1.29 is 9.59 Å². The van der Waals surface area contributed by atoms with Crippen LogP contribution in [0.2, 0.25) is 0 Å². The molecule has 2 nitrogen and oxygen atoms in total. The Hall–Kier alpha value is -2.48. The van der Waals surface area contributed by atoms with E-state index in [0.717, 1.165) is 5.56 Å². The van der Waals surface area contributed by atoms with E-state index in [-0.39, 0.29) is 23.9 Å². The molecule has 2 aromatic rings. The molecule has 0 aromatic heterocycles. The summed E-state index contributed by atoms with van der Waals surface area (Å²) in [5.41, 5.74) is 3.45. The van der Waals surface area contributed by atoms with Crippen LogP contribution in [0.4, 0.5) is 0 Å². The monoisotopic (exact) mass is 378 g/mol. The Labute approximate surface area is 170 Å². The molecule has 0 saturated heterocycles. The molecule has 2 atom stereocenters. The minimum absolute atomic E-state index is 0.0172. The summed E-state index contributed by atoms with van der Waals surface area (Å²) < 4.78 is 0. The standard InChI is InChI=1S/C20H18O2.2C3H8/c1-14(15-5-3-2-4-6-15)16-7-9-17(10-8-16)19-12-11-18(21)13-20(19)22;2*1-3-2/h2-12,14,19H,13H2,1H3;2*3H2,1-2H3. The van der Waals surface area contributed by atoms with Gasteiger partial charge >= 0.3 is 0 Å². The van der Waals surface area contributed by atoms with Gasteiger partial charge in [0.15, 0.2) is 11.6 Å². The summed E-state index contributed by atoms with van der Waals surface area (Å²) in [4.78, 5) is 23.2. The van der Waals surface area contributed by atoms with E-state index >= 15 is 0 Å². The molecule has 0 spiro atoms. The molecule has 2 unspecified atom stereocenters. The van der Waals surface area contributed by atoms with Gasteiger partial charge in [-0.1, -0.05) is 108 Å². The van der Waals surface area contributed by atoms with Gasteiger partial charge in [0, 0.05) is 5.92 Å². The first-order chi connectivity index (χ1) is 13.5. The molecule has 1 aliphatic carbocycles. The van der Waals surface area contributed by atoms with E-state index in [2.05, 4.69) is 58.9 Å². The van der Waals surface area contributed by atoms with Crippen molar-refractivity contribution in [2.24, 2.45) is 0 Å². The number of Topliss-reactive ketones (excluding diaryl/α,β-unsaturated/α-hetero) is 1. The van der Waals surface area contributed by atoms with Crippen LogP contribution in [0.25, 0.3) is 0 Å². The Balaban J connectivity index is 0.000000582. The second kappa shape index (κ2) is 12.8. The molecular formula is C26H34O2. The highest BCUT2D eigenvalue weighted by Crippen LogP contribution is 2.28. The third-order valence-electron chi connectivity index (χ3n) is 4.27. The molecule has 150 valence electrons. The molecule has 0 heterocycles. The van der Waals surface area contributed by atoms with Crippen molar-refractivity contribution in [3.63, 3.8) is 0 Å². The van der Waals surface area contributed by atoms with Gasteiger partial charge in [-0.3, -0.25) is 9.59 Å². The number of allylic oxidation sites excluding steroid dienone is 2. The quantitative estimate of drug-likeness (QED) is 0.547. The highest BCUT2D eigenvalue weighted by molar-refractivity contribution is 6.10. The normalized spacial score (nSPS) is 16.4. The summed E-state index contributed by atoms with van der Waals surface area (Å²) in [5.74, 6) is -0.0832. The van der Waals surface area contributed by atoms with E-state index in [1.165, 1.54) is 30.0 Å². The largest absolute Gasteiger partial charge is 0.298 e. The summed E-state index contributed by atoms with van der Waals surface area (Å²) in [6.07, 6.45) is 5.75. The first-order valence-electron chi connectivity index (χ1n) is 10.4. The maximum Gasteiger partial charge on any atom is 0.162 e. The van der Waals surface area contributed by atoms with Gasteiger partial charge in [-0.2, -0.15) is 0 Å². The van der Waals surface area contributed by atoms with Gasteiger partial charge < -0.3 is 0 Å². The zero-order valence-electron chi connectivity index (χ0n) is 17.9. The van der Waals surface area contributed by atoms with Crippen LogP contribution in [0.3, 0.4) is 0 Å². The van der Waals surface area contributed by atoms with Gasteiger partial charge in [0.25, 0.3) is 0 Å². The number of hydrogen-bond acceptors (Lipinski definition) is 2. The number of rotatable bonds is 3. The van der Waals surface area contributed by atoms with Crippen molar-refractivity contribution in [1.82, 2.24) is 0 Å². The van der Waals surface area contributed by atoms with Crippen molar-refractivity contribution in [1.29, 1.82) is 0 Å². The lowest BCUT2D eigenvalue weighted by Crippen LogP contribution is -2.18. The zero-order valence-corrected chi connectivity index (χ0v) is 17.9. The molecule has 0 fully saturated rings. The summed E-state index contributed by atoms with van der Waals surface area (Å²) in [7, 11) is 0. The fourth-order valence-electron chi connectivity index (χ4n) is 2.87. The van der Waals surface area contributed by atoms with E-state index in [0.29, 0.717) is 5.92 Å². The smallest absolute Gasteiger partial charge is 0.162 e. The molecule has 28 heavy (non-hydrogen) atoms. The molecule has 1 aliphatic rings. The fourth-order valence-corrected chi connectivity index (χ4v) is 2.87. The predicted octanol–water partition coefficient (Wildman–Crippen LogP) is 6.85. The van der Waals surface area contributed by atoms with Gasteiger partial charge in [-0.25, -0.2) is 0 Å². The summed E-state index contributed by atoms with van der Waals surface area (Å²) in [5, 5.41) is 0. The Morgan fingerprint density at radius 2 is 1.32 bits per heavy atom. The molecule has 0 amide bonds. The lowest BCUT2D eigenvalue weighted by atomic mass is 9.86. The maximum atomic E-state index is 12.0. The van der Waals surface area contributed by atoms with Gasteiger partial charge in [0.2, 0.25) is 0 Å². The highest BCUT2D eigenvalue weighted by atomic mass is 16.1. The number of ketones is 2. The second-order valence-electron chi connectivity index (χ2n) is 7.16. The average Bonchev–Trinajstić information content (AvgIpc) is 2.70. The van der Waals surface area contributed by atoms with E-state index in [1.807, 2.05) is 30.3 Å². The van der Waals surface area contributed by atoms with Gasteiger partial charge in [0.1, 0.15) is 0 Å². The van der Waals surface area contributed by atoms with Crippen LogP contribution in [0.15, 0.2) is 66.7 Å². The van der Waals surface area contributed by atoms with Crippen molar-refractivity contribution in [3.05, 3.63) is 83.4 Å². The molecule has 3 rings (SSSR count). The lowest BCUT2D eigenvalue weighted by molar-refractivity contribution is -0.125. The van der Waals surface area contributed by atoms with E-state index in [4.69, 9.17) is 0 Å². The topological polar surface area (TPSA) is 34.1 Å². The molecule has 0 N–H and O–H groups in total. The zero-order chi connectivity index (χ0) is 20.9. The van der Waals surface area contributed by atoms with E-state index in [9.17, 15) is 9.59 Å². The molecule has 0 bridgehead atoms. The summed E-state index contributed by atoms with van der Waals surface area (Å²) >= 11 is 0. The molecular weight excluding hydrogens is 344 g/mol. The molecule has 0 aliphatic heterocycles. The number of carbonyl (C=O) groups is 2. The molecule has 2 heteroatoms. The Bertz CT molecular complexity index is 740. The van der Waals surface area contributed by atoms with Crippen molar-refractivity contribution in [3.8, 4) is 0 Å². The van der Waals surface area contributed by atoms with E-state index in [1.54, 1.807) is 6.08 Å². The first-order valence-corrected chi connectivity index (χ1v) is 10.4. The van der Waals surface area contributed by atoms with Crippen LogP contribution in [0.1, 0.15) is 82.4 Å². The minimum Gasteiger partial charge on any atom is -0.298 e. The second-order valence-corrected chi connectivity index (χ2v) is 7.16. The van der Waals surface area contributed by atoms with Crippen molar-refractivity contribution in [2.75, 3.05) is 0 Å². The maximum absolute atomic E-state index is 12.0. The van der Waals surface area contributed by atoms with Gasteiger partial charge in [-0.15, -0.1) is 0 Å². The first kappa shape index (κ1) is 23.6. The van der Waals surface area contributed by atoms with Crippen LogP contribution in [-0.4, -0.2) is 11.6 Å². The fraction of sp³-hybridized carbons (Fsp3) is 0.385. The van der Waals surface area contributed by atoms with E-state index < -0.39 is 0 Å². The van der Waals surface area contributed by atoms with Crippen molar-refractivity contribution in [2.45, 2.75) is 65.7 Å². The third kappa shape index (κ3) is 7.26. The Kier molecular flexibility index (Phi) is 10.8. The average molecular weight is 379 g/mol. The Morgan fingerprint density at radius 1 is 0.821 bits per heavy atom. The lowest BCUT2D eigenvalue weighted by Gasteiger charge is -2.17. The molecule has 2 aromatic carbocycles. The van der Waals surface area contributed by atoms with Crippen LogP contribution in [0, 0.1) is 0 Å². The minimum atomic E-state index is -0.279. The number of benzene rings is 2. The number of hydrogen-bond donors (Lipinski definition) is 0. The van der Waals surface area contributed by atoms with Crippen LogP contribution >= 0.6 is 0 Å². The van der Waals surface area contributed by atoms with Crippen LogP contribution in [0.5, 0.6) is 0 Å². The van der Waals surface area contributed by atoms with Crippen molar-refractivity contribution >= 4 is 11.6 Å². The summed E-state index contributed by atoms with van der Waals surface area (Å²) in [6.45, 7) is 10.7. The van der Waals surface area contributed by atoms with Crippen LogP contribution < -0.4 is 0 Å². The predicted molar refractivity (Wildman–Crippen MR) is 119 cm³/mol. The Morgan fingerprint density at radius 3 is 1.82 bits per heavy atom. The van der Waals surface area contributed by atoms with Gasteiger partial charge in [0.05, 0.1) is 12.3 Å². The third-order valence-corrected chi connectivity index (χ3v) is 4.27. The highest BCUT2D eigenvalue weighted by Gasteiger charge is 2.23. The van der Waals surface area contributed by atoms with Crippen LogP contribution in [-0.2, 0) is 9.59 Å². The number of carbonyl (C=O) groups excluding carboxylic acids is 2. The van der Waals surface area contributed by atoms with Gasteiger partial charge in [-0.05, 0) is 22.8 Å². The summed E-state index contributed by atoms with van der Waals surface area (Å²) in [6, 6.07) is 18.5. The molecule has 0 saturated carbocycles. The molecule has 0 radical (unpaired) electrons. The SMILES string of the molecule is CC(c1ccccc1)c1ccc(C2C=CC(=O)CC2=O)cc1.CCC.CCC.